The topological polar surface area (TPSA) is 82.6 Å². The molecule has 0 aromatic carbocycles. The Morgan fingerprint density at radius 1 is 1.06 bits per heavy atom. The number of hydrogen-bond donors (Lipinski definition) is 1. The zero-order valence-electron chi connectivity index (χ0n) is 18.9. The molecule has 0 saturated heterocycles. The quantitative estimate of drug-likeness (QED) is 0.557. The Bertz CT molecular complexity index is 750. The first kappa shape index (κ1) is 23.7. The number of nitrogens with one attached hydrogen (secondary N) is 1. The van der Waals surface area contributed by atoms with Crippen LogP contribution in [0.3, 0.4) is 0 Å². The molecule has 1 aromatic heterocycles. The number of rotatable bonds is 11. The maximum absolute atomic E-state index is 13.0. The molecule has 3 amide bonds. The number of amides is 3. The van der Waals surface area contributed by atoms with Crippen molar-refractivity contribution in [3.63, 3.8) is 0 Å². The second-order valence-corrected chi connectivity index (χ2v) is 9.64. The van der Waals surface area contributed by atoms with E-state index in [1.165, 1.54) is 17.8 Å². The van der Waals surface area contributed by atoms with Gasteiger partial charge in [0.15, 0.2) is 5.13 Å². The molecule has 1 aromatic rings. The van der Waals surface area contributed by atoms with Crippen LogP contribution in [0.1, 0.15) is 77.3 Å². The number of anilines is 1. The predicted octanol–water partition coefficient (Wildman–Crippen LogP) is 3.84. The van der Waals surface area contributed by atoms with Crippen LogP contribution >= 0.6 is 11.3 Å². The van der Waals surface area contributed by atoms with E-state index in [9.17, 15) is 14.4 Å². The fourth-order valence-electron chi connectivity index (χ4n) is 4.28. The predicted molar refractivity (Wildman–Crippen MR) is 123 cm³/mol. The van der Waals surface area contributed by atoms with Crippen LogP contribution < -0.4 is 5.32 Å². The van der Waals surface area contributed by atoms with Gasteiger partial charge in [-0.25, -0.2) is 4.98 Å². The van der Waals surface area contributed by atoms with Gasteiger partial charge in [-0.05, 0) is 38.5 Å². The SMILES string of the molecule is CCCN(CCC)C(=O)Cc1csc(NC(=O)CN(C(=O)C2CCCCC2)C2CC2)n1. The molecule has 1 heterocycles. The van der Waals surface area contributed by atoms with Crippen LogP contribution in [-0.4, -0.2) is 58.2 Å². The van der Waals surface area contributed by atoms with Crippen LogP contribution in [0.15, 0.2) is 5.38 Å². The van der Waals surface area contributed by atoms with Gasteiger partial charge in [0.1, 0.15) is 6.54 Å². The molecule has 0 radical (unpaired) electrons. The van der Waals surface area contributed by atoms with Crippen LogP contribution in [0.5, 0.6) is 0 Å². The average Bonchev–Trinajstić information content (AvgIpc) is 3.52. The second kappa shape index (κ2) is 11.6. The van der Waals surface area contributed by atoms with Crippen molar-refractivity contribution in [1.82, 2.24) is 14.8 Å². The summed E-state index contributed by atoms with van der Waals surface area (Å²) in [5.74, 6) is 0.0928. The van der Waals surface area contributed by atoms with E-state index in [1.54, 1.807) is 4.90 Å². The summed E-state index contributed by atoms with van der Waals surface area (Å²) in [4.78, 5) is 46.2. The van der Waals surface area contributed by atoms with Crippen molar-refractivity contribution >= 4 is 34.2 Å². The third-order valence-electron chi connectivity index (χ3n) is 6.01. The minimum Gasteiger partial charge on any atom is -0.342 e. The maximum Gasteiger partial charge on any atom is 0.245 e. The highest BCUT2D eigenvalue weighted by atomic mass is 32.1. The van der Waals surface area contributed by atoms with Crippen molar-refractivity contribution in [2.24, 2.45) is 5.92 Å². The molecule has 3 rings (SSSR count). The number of aromatic nitrogens is 1. The summed E-state index contributed by atoms with van der Waals surface area (Å²) in [7, 11) is 0. The minimum atomic E-state index is -0.207. The molecule has 2 aliphatic carbocycles. The highest BCUT2D eigenvalue weighted by molar-refractivity contribution is 7.13. The summed E-state index contributed by atoms with van der Waals surface area (Å²) >= 11 is 1.33. The largest absolute Gasteiger partial charge is 0.342 e. The molecular weight excluding hydrogens is 412 g/mol. The third-order valence-corrected chi connectivity index (χ3v) is 6.82. The lowest BCUT2D eigenvalue weighted by Gasteiger charge is -2.28. The molecular formula is C23H36N4O3S. The molecule has 0 atom stereocenters. The molecule has 0 bridgehead atoms. The monoisotopic (exact) mass is 448 g/mol. The summed E-state index contributed by atoms with van der Waals surface area (Å²) in [5.41, 5.74) is 0.680. The zero-order valence-corrected chi connectivity index (χ0v) is 19.7. The van der Waals surface area contributed by atoms with E-state index in [2.05, 4.69) is 24.1 Å². The van der Waals surface area contributed by atoms with Gasteiger partial charge >= 0.3 is 0 Å². The van der Waals surface area contributed by atoms with Crippen molar-refractivity contribution in [3.8, 4) is 0 Å². The molecule has 7 nitrogen and oxygen atoms in total. The fraction of sp³-hybridized carbons (Fsp3) is 0.739. The summed E-state index contributed by atoms with van der Waals surface area (Å²) in [6.07, 6.45) is 9.40. The Morgan fingerprint density at radius 3 is 2.35 bits per heavy atom. The first-order valence-electron chi connectivity index (χ1n) is 11.8. The Labute approximate surface area is 189 Å². The van der Waals surface area contributed by atoms with E-state index in [1.807, 2.05) is 10.3 Å². The van der Waals surface area contributed by atoms with Crippen LogP contribution in [0.4, 0.5) is 5.13 Å². The first-order chi connectivity index (χ1) is 15.0. The lowest BCUT2D eigenvalue weighted by Crippen LogP contribution is -2.43. The molecule has 0 aliphatic heterocycles. The van der Waals surface area contributed by atoms with E-state index in [0.717, 1.165) is 64.5 Å². The Morgan fingerprint density at radius 2 is 1.74 bits per heavy atom. The van der Waals surface area contributed by atoms with Gasteiger partial charge in [0.2, 0.25) is 17.7 Å². The lowest BCUT2D eigenvalue weighted by molar-refractivity contribution is -0.139. The van der Waals surface area contributed by atoms with Gasteiger partial charge < -0.3 is 15.1 Å². The Balaban J connectivity index is 1.52. The summed E-state index contributed by atoms with van der Waals surface area (Å²) in [5, 5.41) is 5.16. The minimum absolute atomic E-state index is 0.0739. The number of carbonyl (C=O) groups is 3. The first-order valence-corrected chi connectivity index (χ1v) is 12.7. The standard InChI is InChI=1S/C23H36N4O3S/c1-3-12-26(13-4-2)21(29)14-18-16-31-23(24-18)25-20(28)15-27(19-10-11-19)22(30)17-8-6-5-7-9-17/h16-17,19H,3-15H2,1-2H3,(H,24,25,28). The molecule has 1 N–H and O–H groups in total. The van der Waals surface area contributed by atoms with E-state index in [-0.39, 0.29) is 42.6 Å². The summed E-state index contributed by atoms with van der Waals surface area (Å²) in [6.45, 7) is 5.74. The van der Waals surface area contributed by atoms with Crippen LogP contribution in [0, 0.1) is 5.92 Å². The molecule has 2 aliphatic rings. The van der Waals surface area contributed by atoms with Crippen molar-refractivity contribution in [1.29, 1.82) is 0 Å². The number of hydrogen-bond acceptors (Lipinski definition) is 5. The van der Waals surface area contributed by atoms with E-state index in [0.29, 0.717) is 10.8 Å². The van der Waals surface area contributed by atoms with Gasteiger partial charge in [0, 0.05) is 30.4 Å². The van der Waals surface area contributed by atoms with Gasteiger partial charge in [-0.1, -0.05) is 33.1 Å². The van der Waals surface area contributed by atoms with Crippen molar-refractivity contribution in [2.75, 3.05) is 25.0 Å². The van der Waals surface area contributed by atoms with Crippen molar-refractivity contribution in [3.05, 3.63) is 11.1 Å². The molecule has 2 fully saturated rings. The van der Waals surface area contributed by atoms with Gasteiger partial charge in [0.05, 0.1) is 12.1 Å². The van der Waals surface area contributed by atoms with E-state index < -0.39 is 0 Å². The van der Waals surface area contributed by atoms with Gasteiger partial charge in [-0.15, -0.1) is 11.3 Å². The van der Waals surface area contributed by atoms with Gasteiger partial charge in [0.25, 0.3) is 0 Å². The van der Waals surface area contributed by atoms with Crippen LogP contribution in [0.2, 0.25) is 0 Å². The smallest absolute Gasteiger partial charge is 0.245 e. The highest BCUT2D eigenvalue weighted by Gasteiger charge is 2.37. The zero-order chi connectivity index (χ0) is 22.2. The average molecular weight is 449 g/mol. The number of carbonyl (C=O) groups excluding carboxylic acids is 3. The summed E-state index contributed by atoms with van der Waals surface area (Å²) in [6, 6.07) is 0.216. The van der Waals surface area contributed by atoms with E-state index in [4.69, 9.17) is 0 Å². The summed E-state index contributed by atoms with van der Waals surface area (Å²) < 4.78 is 0. The molecule has 172 valence electrons. The molecule has 2 saturated carbocycles. The van der Waals surface area contributed by atoms with Gasteiger partial charge in [-0.2, -0.15) is 0 Å². The molecule has 0 unspecified atom stereocenters. The van der Waals surface area contributed by atoms with E-state index >= 15 is 0 Å². The van der Waals surface area contributed by atoms with Crippen molar-refractivity contribution in [2.45, 2.75) is 84.1 Å². The fourth-order valence-corrected chi connectivity index (χ4v) is 5.01. The Hall–Kier alpha value is -1.96. The molecule has 31 heavy (non-hydrogen) atoms. The van der Waals surface area contributed by atoms with Crippen LogP contribution in [-0.2, 0) is 20.8 Å². The molecule has 0 spiro atoms. The van der Waals surface area contributed by atoms with Crippen molar-refractivity contribution < 1.29 is 14.4 Å². The third kappa shape index (κ3) is 7.02. The Kier molecular flexibility index (Phi) is 8.87. The highest BCUT2D eigenvalue weighted by Crippen LogP contribution is 2.32. The maximum atomic E-state index is 13.0. The van der Waals surface area contributed by atoms with Gasteiger partial charge in [-0.3, -0.25) is 14.4 Å². The number of nitrogens with zero attached hydrogens (tertiary/aromatic N) is 3. The normalized spacial score (nSPS) is 16.7. The van der Waals surface area contributed by atoms with Crippen LogP contribution in [0.25, 0.3) is 0 Å². The number of thiazole rings is 1. The second-order valence-electron chi connectivity index (χ2n) is 8.78. The lowest BCUT2D eigenvalue weighted by atomic mass is 9.88. The molecule has 8 heteroatoms.